The predicted molar refractivity (Wildman–Crippen MR) is 118 cm³/mol. The maximum absolute atomic E-state index is 10.6. The second kappa shape index (κ2) is 10.6. The molecule has 0 aliphatic carbocycles. The van der Waals surface area contributed by atoms with Crippen LogP contribution < -0.4 is 5.32 Å². The van der Waals surface area contributed by atoms with Gasteiger partial charge in [-0.3, -0.25) is 5.32 Å². The monoisotopic (exact) mass is 423 g/mol. The highest BCUT2D eigenvalue weighted by atomic mass is 16.4. The normalized spacial score (nSPS) is 15.8. The number of hydrogen-bond donors (Lipinski definition) is 6. The first-order valence-electron chi connectivity index (χ1n) is 10.3. The van der Waals surface area contributed by atoms with Gasteiger partial charge in [-0.05, 0) is 16.7 Å². The summed E-state index contributed by atoms with van der Waals surface area (Å²) in [5.41, 5.74) is 1.96. The fourth-order valence-corrected chi connectivity index (χ4v) is 3.81. The van der Waals surface area contributed by atoms with Crippen LogP contribution in [0.1, 0.15) is 16.7 Å². The van der Waals surface area contributed by atoms with Gasteiger partial charge in [0.15, 0.2) is 0 Å². The molecule has 3 aromatic carbocycles. The van der Waals surface area contributed by atoms with Crippen molar-refractivity contribution in [1.29, 1.82) is 0 Å². The Balaban J connectivity index is 2.02. The third kappa shape index (κ3) is 5.02. The first kappa shape index (κ1) is 23.1. The zero-order chi connectivity index (χ0) is 22.3. The summed E-state index contributed by atoms with van der Waals surface area (Å²) in [4.78, 5) is 0. The Morgan fingerprint density at radius 3 is 1.29 bits per heavy atom. The molecule has 0 spiro atoms. The molecule has 3 rings (SSSR count). The second-order valence-corrected chi connectivity index (χ2v) is 7.53. The molecule has 164 valence electrons. The third-order valence-electron chi connectivity index (χ3n) is 5.52. The Hall–Kier alpha value is -2.58. The molecule has 0 fully saturated rings. The van der Waals surface area contributed by atoms with E-state index < -0.39 is 36.6 Å². The SMILES string of the molecule is OC[C@@H](O)[C@@H](O)[C@H](O)[C@@H](O)CNC(c1ccccc1)(c1ccccc1)c1ccccc1. The molecule has 6 N–H and O–H groups in total. The van der Waals surface area contributed by atoms with Crippen LogP contribution in [0.5, 0.6) is 0 Å². The lowest BCUT2D eigenvalue weighted by atomic mass is 9.77. The highest BCUT2D eigenvalue weighted by Gasteiger charge is 2.38. The summed E-state index contributed by atoms with van der Waals surface area (Å²) in [6.07, 6.45) is -6.27. The van der Waals surface area contributed by atoms with E-state index >= 15 is 0 Å². The van der Waals surface area contributed by atoms with Crippen molar-refractivity contribution >= 4 is 0 Å². The minimum Gasteiger partial charge on any atom is -0.394 e. The Kier molecular flexibility index (Phi) is 7.92. The minimum atomic E-state index is -1.68. The van der Waals surface area contributed by atoms with Crippen LogP contribution in [0.3, 0.4) is 0 Å². The summed E-state index contributed by atoms with van der Waals surface area (Å²) >= 11 is 0. The summed E-state index contributed by atoms with van der Waals surface area (Å²) in [7, 11) is 0. The molecule has 0 aliphatic rings. The maximum Gasteiger partial charge on any atom is 0.111 e. The highest BCUT2D eigenvalue weighted by molar-refractivity contribution is 5.49. The molecule has 4 atom stereocenters. The van der Waals surface area contributed by atoms with Crippen molar-refractivity contribution in [3.63, 3.8) is 0 Å². The third-order valence-corrected chi connectivity index (χ3v) is 5.52. The van der Waals surface area contributed by atoms with Crippen molar-refractivity contribution in [3.8, 4) is 0 Å². The minimum absolute atomic E-state index is 0.0882. The standard InChI is InChI=1S/C25H29NO5/c27-17-22(29)24(31)23(30)21(28)16-26-25(18-10-4-1-5-11-18,19-12-6-2-7-13-19)20-14-8-3-9-15-20/h1-15,21-24,26-31H,16-17H2/t21-,22+,23+,24+/m0/s1. The van der Waals surface area contributed by atoms with Gasteiger partial charge in [0, 0.05) is 6.54 Å². The van der Waals surface area contributed by atoms with Crippen molar-refractivity contribution in [2.75, 3.05) is 13.2 Å². The highest BCUT2D eigenvalue weighted by Crippen LogP contribution is 2.36. The molecule has 6 heteroatoms. The molecule has 0 saturated heterocycles. The molecular weight excluding hydrogens is 394 g/mol. The Labute approximate surface area is 182 Å². The van der Waals surface area contributed by atoms with Gasteiger partial charge in [0.25, 0.3) is 0 Å². The summed E-state index contributed by atoms with van der Waals surface area (Å²) < 4.78 is 0. The van der Waals surface area contributed by atoms with Crippen molar-refractivity contribution in [3.05, 3.63) is 108 Å². The molecule has 6 nitrogen and oxygen atoms in total. The van der Waals surface area contributed by atoms with Gasteiger partial charge in [0.2, 0.25) is 0 Å². The van der Waals surface area contributed by atoms with Crippen LogP contribution in [0.15, 0.2) is 91.0 Å². The van der Waals surface area contributed by atoms with E-state index in [2.05, 4.69) is 5.32 Å². The van der Waals surface area contributed by atoms with E-state index in [4.69, 9.17) is 5.11 Å². The second-order valence-electron chi connectivity index (χ2n) is 7.53. The summed E-state index contributed by atoms with van der Waals surface area (Å²) in [6.45, 7) is -0.810. The molecule has 0 heterocycles. The Bertz CT molecular complexity index is 810. The van der Waals surface area contributed by atoms with Gasteiger partial charge in [0.05, 0.1) is 18.2 Å². The fraction of sp³-hybridized carbons (Fsp3) is 0.280. The van der Waals surface area contributed by atoms with Crippen molar-refractivity contribution in [2.45, 2.75) is 30.0 Å². The van der Waals surface area contributed by atoms with Gasteiger partial charge < -0.3 is 25.5 Å². The molecule has 0 unspecified atom stereocenters. The van der Waals surface area contributed by atoms with Crippen LogP contribution in [0.25, 0.3) is 0 Å². The van der Waals surface area contributed by atoms with Crippen LogP contribution in [0, 0.1) is 0 Å². The van der Waals surface area contributed by atoms with E-state index in [1.54, 1.807) is 0 Å². The molecule has 0 aromatic heterocycles. The number of aliphatic hydroxyl groups is 5. The molecular formula is C25H29NO5. The average molecular weight is 424 g/mol. The smallest absolute Gasteiger partial charge is 0.111 e. The van der Waals surface area contributed by atoms with Crippen LogP contribution in [0.2, 0.25) is 0 Å². The van der Waals surface area contributed by atoms with Gasteiger partial charge in [-0.1, -0.05) is 91.0 Å². The van der Waals surface area contributed by atoms with Crippen LogP contribution in [0.4, 0.5) is 0 Å². The van der Waals surface area contributed by atoms with E-state index in [1.165, 1.54) is 0 Å². The zero-order valence-electron chi connectivity index (χ0n) is 17.1. The quantitative estimate of drug-likeness (QED) is 0.271. The average Bonchev–Trinajstić information content (AvgIpc) is 2.84. The molecule has 0 radical (unpaired) electrons. The molecule has 0 saturated carbocycles. The first-order chi connectivity index (χ1) is 15.0. The largest absolute Gasteiger partial charge is 0.394 e. The van der Waals surface area contributed by atoms with E-state index in [0.29, 0.717) is 0 Å². The van der Waals surface area contributed by atoms with E-state index in [1.807, 2.05) is 91.0 Å². The van der Waals surface area contributed by atoms with Crippen molar-refractivity contribution in [1.82, 2.24) is 5.32 Å². The summed E-state index contributed by atoms with van der Waals surface area (Å²) in [5.74, 6) is 0. The van der Waals surface area contributed by atoms with Gasteiger partial charge in [-0.15, -0.1) is 0 Å². The molecule has 0 bridgehead atoms. The lowest BCUT2D eigenvalue weighted by Crippen LogP contribution is -2.53. The van der Waals surface area contributed by atoms with Crippen molar-refractivity contribution < 1.29 is 25.5 Å². The van der Waals surface area contributed by atoms with Gasteiger partial charge in [-0.25, -0.2) is 0 Å². The number of nitrogens with one attached hydrogen (secondary N) is 1. The Morgan fingerprint density at radius 1 is 0.581 bits per heavy atom. The lowest BCUT2D eigenvalue weighted by Gasteiger charge is -2.38. The van der Waals surface area contributed by atoms with Crippen LogP contribution >= 0.6 is 0 Å². The van der Waals surface area contributed by atoms with Gasteiger partial charge >= 0.3 is 0 Å². The summed E-state index contributed by atoms with van der Waals surface area (Å²) in [6, 6.07) is 29.3. The fourth-order valence-electron chi connectivity index (χ4n) is 3.81. The number of hydrogen-bond acceptors (Lipinski definition) is 6. The molecule has 3 aromatic rings. The molecule has 0 aliphatic heterocycles. The number of aliphatic hydroxyl groups excluding tert-OH is 5. The van der Waals surface area contributed by atoms with Gasteiger partial charge in [-0.2, -0.15) is 0 Å². The molecule has 0 amide bonds. The Morgan fingerprint density at radius 2 is 0.935 bits per heavy atom. The van der Waals surface area contributed by atoms with Crippen molar-refractivity contribution in [2.24, 2.45) is 0 Å². The summed E-state index contributed by atoms with van der Waals surface area (Å²) in [5, 5.41) is 52.9. The molecule has 31 heavy (non-hydrogen) atoms. The topological polar surface area (TPSA) is 113 Å². The van der Waals surface area contributed by atoms with Crippen LogP contribution in [-0.2, 0) is 5.54 Å². The predicted octanol–water partition coefficient (Wildman–Crippen LogP) is 1.00. The van der Waals surface area contributed by atoms with E-state index in [-0.39, 0.29) is 6.54 Å². The van der Waals surface area contributed by atoms with Crippen LogP contribution in [-0.4, -0.2) is 63.1 Å². The van der Waals surface area contributed by atoms with E-state index in [9.17, 15) is 20.4 Å². The first-order valence-corrected chi connectivity index (χ1v) is 10.3. The maximum atomic E-state index is 10.6. The van der Waals surface area contributed by atoms with Gasteiger partial charge in [0.1, 0.15) is 18.3 Å². The number of rotatable bonds is 10. The van der Waals surface area contributed by atoms with E-state index in [0.717, 1.165) is 16.7 Å². The number of benzene rings is 3. The zero-order valence-corrected chi connectivity index (χ0v) is 17.1. The lowest BCUT2D eigenvalue weighted by molar-refractivity contribution is -0.114.